The van der Waals surface area contributed by atoms with Gasteiger partial charge < -0.3 is 15.9 Å². The van der Waals surface area contributed by atoms with Crippen molar-refractivity contribution in [2.24, 2.45) is 29.4 Å². The molecule has 1 amide bonds. The van der Waals surface area contributed by atoms with Crippen LogP contribution in [-0.4, -0.2) is 44.9 Å². The summed E-state index contributed by atoms with van der Waals surface area (Å²) in [6.45, 7) is 3.18. The summed E-state index contributed by atoms with van der Waals surface area (Å²) in [5, 5.41) is 22.0. The van der Waals surface area contributed by atoms with Crippen LogP contribution >= 0.6 is 0 Å². The normalized spacial score (nSPS) is 30.2. The number of carbonyl (C=O) groups is 5. The summed E-state index contributed by atoms with van der Waals surface area (Å²) < 4.78 is 0. The van der Waals surface area contributed by atoms with Crippen LogP contribution in [0, 0.1) is 47.4 Å². The zero-order chi connectivity index (χ0) is 24.2. The van der Waals surface area contributed by atoms with Gasteiger partial charge in [0, 0.05) is 17.9 Å². The van der Waals surface area contributed by atoms with Crippen LogP contribution in [0.15, 0.2) is 6.07 Å². The van der Waals surface area contributed by atoms with Gasteiger partial charge in [-0.3, -0.25) is 24.0 Å². The fourth-order valence-corrected chi connectivity index (χ4v) is 5.51. The molecule has 0 aliphatic heterocycles. The first kappa shape index (κ1) is 22.4. The summed E-state index contributed by atoms with van der Waals surface area (Å²) in [7, 11) is 0. The number of phenols is 1. The van der Waals surface area contributed by atoms with Gasteiger partial charge in [0.05, 0.1) is 17.0 Å². The SMILES string of the molecule is CC#Cc1cc(C#CC)c2c(c1O)C(=O)C1C(=O)[C@]3(O)C(=O)C(C(N)=O)C(=O)C[C@@H]3C[C@@H]1C2. The molecule has 2 fully saturated rings. The maximum Gasteiger partial charge on any atom is 0.235 e. The van der Waals surface area contributed by atoms with Crippen molar-refractivity contribution in [2.45, 2.75) is 38.7 Å². The zero-order valence-electron chi connectivity index (χ0n) is 18.0. The zero-order valence-corrected chi connectivity index (χ0v) is 18.0. The van der Waals surface area contributed by atoms with E-state index in [-0.39, 0.29) is 36.1 Å². The summed E-state index contributed by atoms with van der Waals surface area (Å²) in [6, 6.07) is 1.58. The lowest BCUT2D eigenvalue weighted by molar-refractivity contribution is -0.175. The molecule has 0 spiro atoms. The lowest BCUT2D eigenvalue weighted by Gasteiger charge is -2.48. The van der Waals surface area contributed by atoms with Crippen LogP contribution in [0.5, 0.6) is 5.75 Å². The number of aromatic hydroxyl groups is 1. The third-order valence-corrected chi connectivity index (χ3v) is 6.92. The number of aliphatic hydroxyl groups is 1. The van der Waals surface area contributed by atoms with Gasteiger partial charge in [0.2, 0.25) is 5.91 Å². The molecule has 4 rings (SSSR count). The number of nitrogens with two attached hydrogens (primary N) is 1. The Morgan fingerprint density at radius 3 is 2.30 bits per heavy atom. The topological polar surface area (TPSA) is 152 Å². The van der Waals surface area contributed by atoms with E-state index in [9.17, 15) is 34.2 Å². The van der Waals surface area contributed by atoms with Crippen molar-refractivity contribution in [2.75, 3.05) is 0 Å². The molecule has 2 saturated carbocycles. The minimum atomic E-state index is -2.66. The van der Waals surface area contributed by atoms with Crippen LogP contribution in [0.2, 0.25) is 0 Å². The van der Waals surface area contributed by atoms with E-state index in [4.69, 9.17) is 5.73 Å². The van der Waals surface area contributed by atoms with Gasteiger partial charge in [-0.1, -0.05) is 11.8 Å². The van der Waals surface area contributed by atoms with Crippen molar-refractivity contribution in [3.8, 4) is 29.4 Å². The second-order valence-electron chi connectivity index (χ2n) is 8.66. The average Bonchev–Trinajstić information content (AvgIpc) is 2.74. The summed E-state index contributed by atoms with van der Waals surface area (Å²) in [4.78, 5) is 64.0. The maximum absolute atomic E-state index is 13.5. The first-order valence-electron chi connectivity index (χ1n) is 10.5. The number of carbonyl (C=O) groups excluding carboxylic acids is 5. The van der Waals surface area contributed by atoms with Crippen LogP contribution in [0.1, 0.15) is 53.7 Å². The number of benzene rings is 1. The molecule has 168 valence electrons. The largest absolute Gasteiger partial charge is 0.506 e. The first-order chi connectivity index (χ1) is 15.6. The molecule has 0 bridgehead atoms. The number of fused-ring (bicyclic) bond motifs is 3. The van der Waals surface area contributed by atoms with Crippen LogP contribution in [0.3, 0.4) is 0 Å². The summed E-state index contributed by atoms with van der Waals surface area (Å²) in [5.74, 6) is 0.603. The van der Waals surface area contributed by atoms with E-state index in [2.05, 4.69) is 23.7 Å². The van der Waals surface area contributed by atoms with Crippen LogP contribution in [0.4, 0.5) is 0 Å². The van der Waals surface area contributed by atoms with Crippen molar-refractivity contribution in [1.82, 2.24) is 0 Å². The van der Waals surface area contributed by atoms with Crippen molar-refractivity contribution >= 4 is 29.0 Å². The van der Waals surface area contributed by atoms with Gasteiger partial charge in [0.25, 0.3) is 0 Å². The van der Waals surface area contributed by atoms with Crippen molar-refractivity contribution < 1.29 is 34.2 Å². The monoisotopic (exact) mass is 447 g/mol. The Morgan fingerprint density at radius 1 is 1.06 bits per heavy atom. The van der Waals surface area contributed by atoms with E-state index >= 15 is 0 Å². The molecule has 4 N–H and O–H groups in total. The molecule has 3 aliphatic rings. The summed E-state index contributed by atoms with van der Waals surface area (Å²) >= 11 is 0. The van der Waals surface area contributed by atoms with E-state index in [1.54, 1.807) is 19.9 Å². The highest BCUT2D eigenvalue weighted by molar-refractivity contribution is 6.31. The Bertz CT molecular complexity index is 1290. The summed E-state index contributed by atoms with van der Waals surface area (Å²) in [5.41, 5.74) is 3.55. The fourth-order valence-electron chi connectivity index (χ4n) is 5.51. The fraction of sp³-hybridized carbons (Fsp3) is 0.400. The highest BCUT2D eigenvalue weighted by Crippen LogP contribution is 2.50. The van der Waals surface area contributed by atoms with Crippen molar-refractivity contribution in [3.63, 3.8) is 0 Å². The van der Waals surface area contributed by atoms with E-state index in [0.29, 0.717) is 11.1 Å². The molecule has 33 heavy (non-hydrogen) atoms. The molecule has 1 aromatic carbocycles. The average molecular weight is 447 g/mol. The van der Waals surface area contributed by atoms with Gasteiger partial charge >= 0.3 is 0 Å². The van der Waals surface area contributed by atoms with E-state index in [1.807, 2.05) is 0 Å². The molecule has 0 saturated heterocycles. The van der Waals surface area contributed by atoms with Crippen LogP contribution < -0.4 is 5.73 Å². The second-order valence-corrected chi connectivity index (χ2v) is 8.66. The lowest BCUT2D eigenvalue weighted by Crippen LogP contribution is -2.68. The quantitative estimate of drug-likeness (QED) is 0.407. The first-order valence-corrected chi connectivity index (χ1v) is 10.5. The number of rotatable bonds is 1. The lowest BCUT2D eigenvalue weighted by atomic mass is 9.53. The van der Waals surface area contributed by atoms with Crippen molar-refractivity contribution in [3.05, 3.63) is 28.3 Å². The minimum Gasteiger partial charge on any atom is -0.506 e. The highest BCUT2D eigenvalue weighted by Gasteiger charge is 2.66. The highest BCUT2D eigenvalue weighted by atomic mass is 16.3. The molecule has 3 aliphatic carbocycles. The number of Topliss-reactive ketones (excluding diaryl/α,β-unsaturated/α-hetero) is 4. The van der Waals surface area contributed by atoms with Gasteiger partial charge in [-0.05, 0) is 44.2 Å². The Balaban J connectivity index is 1.88. The molecule has 8 heteroatoms. The Morgan fingerprint density at radius 2 is 1.70 bits per heavy atom. The molecule has 8 nitrogen and oxygen atoms in total. The molecule has 2 unspecified atom stereocenters. The number of hydrogen-bond donors (Lipinski definition) is 3. The molecular weight excluding hydrogens is 426 g/mol. The van der Waals surface area contributed by atoms with Gasteiger partial charge in [-0.15, -0.1) is 11.8 Å². The predicted molar refractivity (Wildman–Crippen MR) is 114 cm³/mol. The summed E-state index contributed by atoms with van der Waals surface area (Å²) in [6.07, 6.45) is -0.149. The molecular formula is C25H21NO7. The van der Waals surface area contributed by atoms with Crippen molar-refractivity contribution in [1.29, 1.82) is 0 Å². The van der Waals surface area contributed by atoms with E-state index in [0.717, 1.165) is 0 Å². The molecule has 0 aromatic heterocycles. The second kappa shape index (κ2) is 7.68. The molecule has 5 atom stereocenters. The smallest absolute Gasteiger partial charge is 0.235 e. The Labute approximate surface area is 189 Å². The Hall–Kier alpha value is -3.75. The maximum atomic E-state index is 13.5. The minimum absolute atomic E-state index is 0.0390. The third kappa shape index (κ3) is 3.02. The van der Waals surface area contributed by atoms with Gasteiger partial charge in [-0.2, -0.15) is 0 Å². The molecule has 1 aromatic rings. The number of ketones is 4. The van der Waals surface area contributed by atoms with Gasteiger partial charge in [0.15, 0.2) is 34.7 Å². The number of primary amides is 1. The third-order valence-electron chi connectivity index (χ3n) is 6.92. The number of amides is 1. The molecule has 0 heterocycles. The van der Waals surface area contributed by atoms with Crippen LogP contribution in [0.25, 0.3) is 0 Å². The standard InChI is InChI=1S/C25H21NO7/c1-3-5-11-7-12(6-4-2)20(28)18-15(11)9-13-8-14-10-16(27)19(24(26)32)23(31)25(14,33)22(30)17(13)21(18)29/h7,13-14,17,19,28,33H,8-10H2,1-2H3,(H2,26,32)/t13-,14+,17?,19?,25+/m1/s1. The van der Waals surface area contributed by atoms with E-state index < -0.39 is 58.3 Å². The van der Waals surface area contributed by atoms with Gasteiger partial charge in [0.1, 0.15) is 5.75 Å². The van der Waals surface area contributed by atoms with Crippen LogP contribution in [-0.2, 0) is 25.6 Å². The number of phenolic OH excluding ortho intramolecular Hbond substituents is 1. The predicted octanol–water partition coefficient (Wildman–Crippen LogP) is 0.0697. The van der Waals surface area contributed by atoms with E-state index in [1.165, 1.54) is 0 Å². The number of hydrogen-bond acceptors (Lipinski definition) is 7. The molecule has 0 radical (unpaired) electrons. The Kier molecular flexibility index (Phi) is 5.23. The van der Waals surface area contributed by atoms with Gasteiger partial charge in [-0.25, -0.2) is 0 Å².